The van der Waals surface area contributed by atoms with Crippen molar-refractivity contribution in [3.05, 3.63) is 12.7 Å². The molecule has 0 saturated carbocycles. The molecule has 1 aliphatic heterocycles. The van der Waals surface area contributed by atoms with Gasteiger partial charge in [-0.25, -0.2) is 8.93 Å². The Hall–Kier alpha value is 0.550. The van der Waals surface area contributed by atoms with Crippen LogP contribution in [0.15, 0.2) is 12.7 Å². The van der Waals surface area contributed by atoms with Gasteiger partial charge in [0, 0.05) is 17.5 Å². The molecule has 2 nitrogen and oxygen atoms in total. The van der Waals surface area contributed by atoms with Crippen LogP contribution in [0.25, 0.3) is 0 Å². The van der Waals surface area contributed by atoms with Crippen LogP contribution in [0.1, 0.15) is 40.5 Å². The molecule has 2 atom stereocenters. The first-order valence-corrected chi connectivity index (χ1v) is 9.46. The van der Waals surface area contributed by atoms with Gasteiger partial charge < -0.3 is 0 Å². The van der Waals surface area contributed by atoms with Crippen LogP contribution in [0.3, 0.4) is 0 Å². The van der Waals surface area contributed by atoms with Gasteiger partial charge in [-0.3, -0.25) is 0 Å². The molecule has 1 rings (SSSR count). The summed E-state index contributed by atoms with van der Waals surface area (Å²) < 4.78 is 15.5. The largest absolute Gasteiger partial charge is 0.242 e. The van der Waals surface area contributed by atoms with Crippen molar-refractivity contribution in [3.8, 4) is 0 Å². The molecule has 1 aliphatic rings. The first-order valence-electron chi connectivity index (χ1n) is 6.34. The second-order valence-electron chi connectivity index (χ2n) is 5.76. The molecule has 1 N–H and O–H groups in total. The summed E-state index contributed by atoms with van der Waals surface area (Å²) in [7, 11) is -1.00. The molecule has 1 fully saturated rings. The van der Waals surface area contributed by atoms with Gasteiger partial charge in [0.15, 0.2) is 0 Å². The Morgan fingerprint density at radius 3 is 2.44 bits per heavy atom. The van der Waals surface area contributed by atoms with Gasteiger partial charge in [-0.05, 0) is 40.5 Å². The van der Waals surface area contributed by atoms with E-state index in [0.29, 0.717) is 0 Å². The first kappa shape index (κ1) is 16.6. The smallest absolute Gasteiger partial charge is 0.0972 e. The van der Waals surface area contributed by atoms with Gasteiger partial charge >= 0.3 is 0 Å². The highest BCUT2D eigenvalue weighted by molar-refractivity contribution is 8.21. The van der Waals surface area contributed by atoms with Gasteiger partial charge in [-0.2, -0.15) is 0 Å². The van der Waals surface area contributed by atoms with E-state index in [1.165, 1.54) is 11.5 Å². The average Bonchev–Trinajstić information content (AvgIpc) is 2.63. The standard InChI is InChI=1S/C13H25NOS3/c1-6-7-11(14-18(15)12(2,3)4)10-13(5)16-8-9-17-13/h6,11,14H,1,7-10H2,2-5H3/t11-,18+/m1/s1. The Bertz CT molecular complexity index is 306. The molecule has 0 bridgehead atoms. The molecule has 5 heteroatoms. The van der Waals surface area contributed by atoms with E-state index in [9.17, 15) is 4.21 Å². The number of nitrogens with one attached hydrogen (secondary N) is 1. The summed E-state index contributed by atoms with van der Waals surface area (Å²) in [6, 6.07) is 0.255. The summed E-state index contributed by atoms with van der Waals surface area (Å²) in [5.74, 6) is 2.45. The second-order valence-corrected chi connectivity index (χ2v) is 11.2. The number of thioether (sulfide) groups is 2. The Kier molecular flexibility index (Phi) is 6.29. The predicted molar refractivity (Wildman–Crippen MR) is 87.6 cm³/mol. The van der Waals surface area contributed by atoms with Gasteiger partial charge in [0.05, 0.1) is 19.8 Å². The van der Waals surface area contributed by atoms with Crippen LogP contribution in [0.5, 0.6) is 0 Å². The normalized spacial score (nSPS) is 22.7. The van der Waals surface area contributed by atoms with E-state index in [1.807, 2.05) is 50.4 Å². The highest BCUT2D eigenvalue weighted by Crippen LogP contribution is 2.46. The molecular formula is C13H25NOS3. The van der Waals surface area contributed by atoms with Crippen LogP contribution < -0.4 is 4.72 Å². The topological polar surface area (TPSA) is 29.1 Å². The van der Waals surface area contributed by atoms with E-state index in [4.69, 9.17) is 0 Å². The van der Waals surface area contributed by atoms with Crippen molar-refractivity contribution >= 4 is 34.5 Å². The predicted octanol–water partition coefficient (Wildman–Crippen LogP) is 3.57. The molecule has 0 aromatic rings. The van der Waals surface area contributed by atoms with E-state index in [0.717, 1.165) is 12.8 Å². The minimum absolute atomic E-state index is 0.212. The van der Waals surface area contributed by atoms with Crippen molar-refractivity contribution < 1.29 is 4.21 Å². The van der Waals surface area contributed by atoms with Crippen molar-refractivity contribution in [2.75, 3.05) is 11.5 Å². The van der Waals surface area contributed by atoms with Crippen molar-refractivity contribution in [2.24, 2.45) is 0 Å². The summed E-state index contributed by atoms with van der Waals surface area (Å²) in [4.78, 5) is 0. The number of hydrogen-bond acceptors (Lipinski definition) is 3. The van der Waals surface area contributed by atoms with E-state index in [-0.39, 0.29) is 14.9 Å². The molecule has 0 aromatic heterocycles. The van der Waals surface area contributed by atoms with E-state index >= 15 is 0 Å². The van der Waals surface area contributed by atoms with Crippen molar-refractivity contribution in [3.63, 3.8) is 0 Å². The third kappa shape index (κ3) is 5.27. The van der Waals surface area contributed by atoms with Crippen molar-refractivity contribution in [1.29, 1.82) is 0 Å². The van der Waals surface area contributed by atoms with Gasteiger partial charge in [-0.1, -0.05) is 6.08 Å². The minimum atomic E-state index is -1.00. The fourth-order valence-electron chi connectivity index (χ4n) is 1.82. The Morgan fingerprint density at radius 2 is 2.00 bits per heavy atom. The third-order valence-electron chi connectivity index (χ3n) is 2.80. The zero-order valence-corrected chi connectivity index (χ0v) is 14.3. The van der Waals surface area contributed by atoms with Crippen molar-refractivity contribution in [2.45, 2.75) is 55.4 Å². The Balaban J connectivity index is 2.59. The molecule has 1 heterocycles. The lowest BCUT2D eigenvalue weighted by atomic mass is 10.1. The molecule has 106 valence electrons. The minimum Gasteiger partial charge on any atom is -0.242 e. The zero-order valence-electron chi connectivity index (χ0n) is 11.8. The molecule has 0 radical (unpaired) electrons. The van der Waals surface area contributed by atoms with Crippen LogP contribution >= 0.6 is 23.5 Å². The summed E-state index contributed by atoms with van der Waals surface area (Å²) in [6.07, 6.45) is 3.83. The van der Waals surface area contributed by atoms with Crippen LogP contribution in [0.4, 0.5) is 0 Å². The maximum atomic E-state index is 12.2. The lowest BCUT2D eigenvalue weighted by Crippen LogP contribution is -2.41. The molecule has 0 aliphatic carbocycles. The van der Waals surface area contributed by atoms with Gasteiger partial charge in [0.2, 0.25) is 0 Å². The molecule has 0 aromatic carbocycles. The fourth-order valence-corrected chi connectivity index (χ4v) is 5.66. The maximum Gasteiger partial charge on any atom is 0.0972 e. The molecule has 0 unspecified atom stereocenters. The van der Waals surface area contributed by atoms with Crippen LogP contribution in [0, 0.1) is 0 Å². The number of rotatable bonds is 6. The second kappa shape index (κ2) is 6.82. The van der Waals surface area contributed by atoms with Crippen LogP contribution in [-0.2, 0) is 11.0 Å². The van der Waals surface area contributed by atoms with Gasteiger partial charge in [-0.15, -0.1) is 30.1 Å². The summed E-state index contributed by atoms with van der Waals surface area (Å²) in [6.45, 7) is 12.1. The van der Waals surface area contributed by atoms with E-state index in [1.54, 1.807) is 0 Å². The van der Waals surface area contributed by atoms with E-state index < -0.39 is 11.0 Å². The lowest BCUT2D eigenvalue weighted by Gasteiger charge is -2.29. The zero-order chi connectivity index (χ0) is 13.8. The van der Waals surface area contributed by atoms with Crippen LogP contribution in [0.2, 0.25) is 0 Å². The van der Waals surface area contributed by atoms with Crippen molar-refractivity contribution in [1.82, 2.24) is 4.72 Å². The first-order chi connectivity index (χ1) is 8.27. The molecule has 1 saturated heterocycles. The SMILES string of the molecule is C=CC[C@H](CC1(C)SCCS1)N[S@@](=O)C(C)(C)C. The van der Waals surface area contributed by atoms with Crippen LogP contribution in [-0.4, -0.2) is 30.6 Å². The number of hydrogen-bond donors (Lipinski definition) is 1. The highest BCUT2D eigenvalue weighted by atomic mass is 32.2. The summed E-state index contributed by atoms with van der Waals surface area (Å²) in [5, 5.41) is 0. The lowest BCUT2D eigenvalue weighted by molar-refractivity contribution is 0.543. The highest BCUT2D eigenvalue weighted by Gasteiger charge is 2.34. The quantitative estimate of drug-likeness (QED) is 0.761. The third-order valence-corrected chi connectivity index (χ3v) is 7.79. The summed E-state index contributed by atoms with van der Waals surface area (Å²) in [5.41, 5.74) is 0. The molecule has 0 amide bonds. The van der Waals surface area contributed by atoms with Gasteiger partial charge in [0.25, 0.3) is 0 Å². The average molecular weight is 308 g/mol. The monoisotopic (exact) mass is 307 g/mol. The maximum absolute atomic E-state index is 12.2. The molecule has 18 heavy (non-hydrogen) atoms. The Morgan fingerprint density at radius 1 is 1.44 bits per heavy atom. The molecule has 0 spiro atoms. The van der Waals surface area contributed by atoms with Gasteiger partial charge in [0.1, 0.15) is 0 Å². The summed E-state index contributed by atoms with van der Waals surface area (Å²) >= 11 is 4.05. The van der Waals surface area contributed by atoms with E-state index in [2.05, 4.69) is 18.2 Å². The Labute approximate surface area is 123 Å². The molecular weight excluding hydrogens is 282 g/mol. The fraction of sp³-hybridized carbons (Fsp3) is 0.846.